The molecule has 1 N–H and O–H groups in total. The Labute approximate surface area is 239 Å². The van der Waals surface area contributed by atoms with Gasteiger partial charge in [-0.15, -0.1) is 0 Å². The average Bonchev–Trinajstić information content (AvgIpc) is 3.29. The molecular weight excluding hydrogens is 540 g/mol. The van der Waals surface area contributed by atoms with Gasteiger partial charge in [0.2, 0.25) is 0 Å². The predicted octanol–water partition coefficient (Wildman–Crippen LogP) is 3.79. The molecule has 1 aliphatic rings. The highest BCUT2D eigenvalue weighted by Crippen LogP contribution is 2.32. The van der Waals surface area contributed by atoms with Crippen LogP contribution in [0.25, 0.3) is 6.08 Å². The first-order valence-electron chi connectivity index (χ1n) is 12.6. The molecule has 1 amide bonds. The maximum atomic E-state index is 13.9. The molecule has 0 fully saturated rings. The number of rotatable bonds is 8. The first-order chi connectivity index (χ1) is 19.9. The summed E-state index contributed by atoms with van der Waals surface area (Å²) in [5.74, 6) is 1.18. The number of para-hydroxylation sites is 1. The van der Waals surface area contributed by atoms with Crippen molar-refractivity contribution in [3.8, 4) is 23.3 Å². The second kappa shape index (κ2) is 11.9. The lowest BCUT2D eigenvalue weighted by Gasteiger charge is -2.25. The standard InChI is InChI=1S/C31H26N4O5S/c1-19-27(29(36)34-22-7-5-4-6-8-22)28(21-10-12-23(38-2)13-11-21)35-30(37)26(41-31(35)33-19)18-20-9-14-24(40-16-15-32)25(17-20)39-3/h4-14,17-18,28H,16H2,1-3H3,(H,34,36)/b26-18+/t28-/m1/s1. The predicted molar refractivity (Wildman–Crippen MR) is 156 cm³/mol. The molecule has 1 aromatic heterocycles. The second-order valence-electron chi connectivity index (χ2n) is 9.03. The van der Waals surface area contributed by atoms with E-state index in [4.69, 9.17) is 19.5 Å². The van der Waals surface area contributed by atoms with Crippen molar-refractivity contribution < 1.29 is 19.0 Å². The Balaban J connectivity index is 1.63. The van der Waals surface area contributed by atoms with E-state index in [1.54, 1.807) is 67.1 Å². The molecule has 1 aliphatic heterocycles. The Morgan fingerprint density at radius 3 is 2.51 bits per heavy atom. The summed E-state index contributed by atoms with van der Waals surface area (Å²) in [5.41, 5.74) is 2.70. The van der Waals surface area contributed by atoms with Crippen molar-refractivity contribution >= 4 is 29.0 Å². The lowest BCUT2D eigenvalue weighted by Crippen LogP contribution is -2.40. The van der Waals surface area contributed by atoms with E-state index in [2.05, 4.69) is 10.3 Å². The van der Waals surface area contributed by atoms with E-state index in [1.165, 1.54) is 18.4 Å². The molecule has 9 nitrogen and oxygen atoms in total. The van der Waals surface area contributed by atoms with Gasteiger partial charge in [-0.25, -0.2) is 4.99 Å². The molecule has 10 heteroatoms. The van der Waals surface area contributed by atoms with Crippen molar-refractivity contribution in [2.24, 2.45) is 4.99 Å². The smallest absolute Gasteiger partial charge is 0.271 e. The molecule has 4 aromatic rings. The monoisotopic (exact) mass is 566 g/mol. The molecule has 0 saturated carbocycles. The zero-order chi connectivity index (χ0) is 28.9. The van der Waals surface area contributed by atoms with Crippen LogP contribution >= 0.6 is 11.3 Å². The molecule has 0 saturated heterocycles. The second-order valence-corrected chi connectivity index (χ2v) is 10.0. The number of anilines is 1. The fraction of sp³-hybridized carbons (Fsp3) is 0.161. The molecule has 1 atom stereocenters. The van der Waals surface area contributed by atoms with Gasteiger partial charge in [-0.2, -0.15) is 5.26 Å². The molecule has 3 aromatic carbocycles. The summed E-state index contributed by atoms with van der Waals surface area (Å²) >= 11 is 1.24. The van der Waals surface area contributed by atoms with Crippen molar-refractivity contribution in [2.45, 2.75) is 13.0 Å². The minimum absolute atomic E-state index is 0.112. The van der Waals surface area contributed by atoms with Gasteiger partial charge in [-0.3, -0.25) is 14.2 Å². The number of allylic oxidation sites excluding steroid dienone is 1. The van der Waals surface area contributed by atoms with Gasteiger partial charge in [0.25, 0.3) is 11.5 Å². The first-order valence-corrected chi connectivity index (χ1v) is 13.5. The molecule has 0 aliphatic carbocycles. The lowest BCUT2D eigenvalue weighted by atomic mass is 9.95. The number of aromatic nitrogens is 1. The number of thiazole rings is 1. The topological polar surface area (TPSA) is 115 Å². The minimum atomic E-state index is -0.709. The summed E-state index contributed by atoms with van der Waals surface area (Å²) in [7, 11) is 3.09. The number of ether oxygens (including phenoxy) is 3. The van der Waals surface area contributed by atoms with Crippen molar-refractivity contribution in [1.82, 2.24) is 4.57 Å². The van der Waals surface area contributed by atoms with Crippen LogP contribution in [-0.2, 0) is 4.79 Å². The van der Waals surface area contributed by atoms with Crippen LogP contribution < -0.4 is 34.4 Å². The summed E-state index contributed by atoms with van der Waals surface area (Å²) in [6, 6.07) is 22.9. The zero-order valence-corrected chi connectivity index (χ0v) is 23.4. The number of nitriles is 1. The lowest BCUT2D eigenvalue weighted by molar-refractivity contribution is -0.113. The highest BCUT2D eigenvalue weighted by atomic mass is 32.1. The van der Waals surface area contributed by atoms with Crippen LogP contribution in [0.4, 0.5) is 5.69 Å². The number of carbonyl (C=O) groups excluding carboxylic acids is 1. The minimum Gasteiger partial charge on any atom is -0.497 e. The van der Waals surface area contributed by atoms with Crippen molar-refractivity contribution in [2.75, 3.05) is 26.1 Å². The molecular formula is C31H26N4O5S. The van der Waals surface area contributed by atoms with Crippen LogP contribution in [0.15, 0.2) is 93.9 Å². The Kier molecular flexibility index (Phi) is 7.99. The number of hydrogen-bond donors (Lipinski definition) is 1. The number of hydrogen-bond acceptors (Lipinski definition) is 8. The number of nitrogens with zero attached hydrogens (tertiary/aromatic N) is 3. The van der Waals surface area contributed by atoms with E-state index in [0.717, 1.165) is 5.56 Å². The largest absolute Gasteiger partial charge is 0.497 e. The van der Waals surface area contributed by atoms with Crippen LogP contribution in [0.1, 0.15) is 24.1 Å². The van der Waals surface area contributed by atoms with Gasteiger partial charge in [0.05, 0.1) is 36.1 Å². The van der Waals surface area contributed by atoms with Crippen LogP contribution in [0.5, 0.6) is 17.2 Å². The van der Waals surface area contributed by atoms with E-state index in [0.29, 0.717) is 49.1 Å². The van der Waals surface area contributed by atoms with Gasteiger partial charge >= 0.3 is 0 Å². The molecule has 2 heterocycles. The Bertz CT molecular complexity index is 1850. The van der Waals surface area contributed by atoms with Crippen LogP contribution in [0.2, 0.25) is 0 Å². The van der Waals surface area contributed by atoms with Crippen LogP contribution in [0, 0.1) is 11.3 Å². The number of fused-ring (bicyclic) bond motifs is 1. The van der Waals surface area contributed by atoms with Gasteiger partial charge in [0, 0.05) is 5.69 Å². The van der Waals surface area contributed by atoms with Gasteiger partial charge in [-0.05, 0) is 60.5 Å². The molecule has 0 spiro atoms. The quantitative estimate of drug-likeness (QED) is 0.347. The highest BCUT2D eigenvalue weighted by Gasteiger charge is 2.32. The summed E-state index contributed by atoms with van der Waals surface area (Å²) in [4.78, 5) is 32.8. The van der Waals surface area contributed by atoms with Crippen LogP contribution in [-0.4, -0.2) is 31.3 Å². The van der Waals surface area contributed by atoms with E-state index in [-0.39, 0.29) is 18.1 Å². The van der Waals surface area contributed by atoms with E-state index >= 15 is 0 Å². The summed E-state index contributed by atoms with van der Waals surface area (Å²) in [5, 5.41) is 11.8. The molecule has 41 heavy (non-hydrogen) atoms. The molecule has 206 valence electrons. The third-order valence-electron chi connectivity index (χ3n) is 6.51. The Morgan fingerprint density at radius 1 is 1.07 bits per heavy atom. The normalized spacial score (nSPS) is 14.5. The zero-order valence-electron chi connectivity index (χ0n) is 22.6. The van der Waals surface area contributed by atoms with E-state index in [9.17, 15) is 9.59 Å². The third kappa shape index (κ3) is 5.62. The number of methoxy groups -OCH3 is 2. The van der Waals surface area contributed by atoms with Crippen LogP contribution in [0.3, 0.4) is 0 Å². The SMILES string of the molecule is COc1ccc([C@@H]2C(C(=O)Nc3ccccc3)=C(C)N=c3s/c(=C/c4ccc(OCC#N)c(OC)c4)c(=O)n32)cc1. The fourth-order valence-corrected chi connectivity index (χ4v) is 5.63. The molecule has 0 radical (unpaired) electrons. The molecule has 5 rings (SSSR count). The van der Waals surface area contributed by atoms with Gasteiger partial charge < -0.3 is 19.5 Å². The van der Waals surface area contributed by atoms with Crippen molar-refractivity contribution in [3.63, 3.8) is 0 Å². The number of benzene rings is 3. The fourth-order valence-electron chi connectivity index (χ4n) is 4.59. The van der Waals surface area contributed by atoms with E-state index in [1.807, 2.05) is 36.4 Å². The number of nitrogens with one attached hydrogen (secondary N) is 1. The highest BCUT2D eigenvalue weighted by molar-refractivity contribution is 7.07. The number of carbonyl (C=O) groups is 1. The Morgan fingerprint density at radius 2 is 1.83 bits per heavy atom. The first kappa shape index (κ1) is 27.4. The maximum absolute atomic E-state index is 13.9. The summed E-state index contributed by atoms with van der Waals surface area (Å²) in [6.45, 7) is 1.66. The Hall–Kier alpha value is -5.14. The summed E-state index contributed by atoms with van der Waals surface area (Å²) < 4.78 is 18.2. The van der Waals surface area contributed by atoms with Crippen molar-refractivity contribution in [3.05, 3.63) is 115 Å². The molecule has 0 unspecified atom stereocenters. The average molecular weight is 567 g/mol. The summed E-state index contributed by atoms with van der Waals surface area (Å²) in [6.07, 6.45) is 1.74. The van der Waals surface area contributed by atoms with Gasteiger partial charge in [-0.1, -0.05) is 47.7 Å². The van der Waals surface area contributed by atoms with Crippen molar-refractivity contribution in [1.29, 1.82) is 5.26 Å². The van der Waals surface area contributed by atoms with E-state index < -0.39 is 6.04 Å². The number of amides is 1. The maximum Gasteiger partial charge on any atom is 0.271 e. The van der Waals surface area contributed by atoms with Gasteiger partial charge in [0.15, 0.2) is 22.9 Å². The third-order valence-corrected chi connectivity index (χ3v) is 7.49. The molecule has 0 bridgehead atoms. The van der Waals surface area contributed by atoms with Gasteiger partial charge in [0.1, 0.15) is 11.8 Å².